The average Bonchev–Trinajstić information content (AvgIpc) is 2.71. The minimum atomic E-state index is -0.0111. The van der Waals surface area contributed by atoms with Crippen LogP contribution in [0.4, 0.5) is 0 Å². The number of rotatable bonds is 2. The van der Waals surface area contributed by atoms with Crippen LogP contribution in [0, 0.1) is 6.92 Å². The first-order chi connectivity index (χ1) is 6.33. The molecule has 0 amide bonds. The van der Waals surface area contributed by atoms with Crippen LogP contribution in [0.5, 0.6) is 0 Å². The molecule has 2 rings (SSSR count). The van der Waals surface area contributed by atoms with Gasteiger partial charge in [0.05, 0.1) is 19.1 Å². The van der Waals surface area contributed by atoms with Crippen LogP contribution in [0.1, 0.15) is 11.3 Å². The Morgan fingerprint density at radius 3 is 3.08 bits per heavy atom. The van der Waals surface area contributed by atoms with Crippen molar-refractivity contribution in [2.75, 3.05) is 0 Å². The molecule has 0 saturated heterocycles. The molecular formula is C9H10N2O2. The highest BCUT2D eigenvalue weighted by atomic mass is 16.3. The molecule has 0 aliphatic heterocycles. The molecule has 4 nitrogen and oxygen atoms in total. The van der Waals surface area contributed by atoms with Crippen molar-refractivity contribution >= 4 is 0 Å². The van der Waals surface area contributed by atoms with E-state index in [0.29, 0.717) is 0 Å². The van der Waals surface area contributed by atoms with Crippen molar-refractivity contribution in [3.63, 3.8) is 0 Å². The summed E-state index contributed by atoms with van der Waals surface area (Å²) >= 11 is 0. The van der Waals surface area contributed by atoms with Gasteiger partial charge in [0, 0.05) is 16.8 Å². The number of hydrogen-bond acceptors (Lipinski definition) is 3. The molecule has 2 N–H and O–H groups in total. The van der Waals surface area contributed by atoms with E-state index in [4.69, 9.17) is 9.52 Å². The Bertz CT molecular complexity index is 390. The van der Waals surface area contributed by atoms with Crippen LogP contribution >= 0.6 is 0 Å². The number of H-pyrrole nitrogens is 1. The Labute approximate surface area is 75.2 Å². The number of furan rings is 1. The third-order valence-corrected chi connectivity index (χ3v) is 2.03. The molecule has 4 heteroatoms. The van der Waals surface area contributed by atoms with Gasteiger partial charge in [0.2, 0.25) is 0 Å². The van der Waals surface area contributed by atoms with Gasteiger partial charge in [-0.3, -0.25) is 5.10 Å². The van der Waals surface area contributed by atoms with E-state index in [2.05, 4.69) is 10.2 Å². The lowest BCUT2D eigenvalue weighted by atomic mass is 10.1. The predicted molar refractivity (Wildman–Crippen MR) is 46.9 cm³/mol. The molecule has 0 aliphatic carbocycles. The first kappa shape index (κ1) is 8.07. The van der Waals surface area contributed by atoms with E-state index in [-0.39, 0.29) is 6.61 Å². The van der Waals surface area contributed by atoms with Crippen molar-refractivity contribution in [3.05, 3.63) is 29.9 Å². The second-order valence-electron chi connectivity index (χ2n) is 2.85. The summed E-state index contributed by atoms with van der Waals surface area (Å²) in [7, 11) is 0. The van der Waals surface area contributed by atoms with Gasteiger partial charge in [0.25, 0.3) is 0 Å². The number of nitrogens with one attached hydrogen (secondary N) is 1. The van der Waals surface area contributed by atoms with Crippen LogP contribution < -0.4 is 0 Å². The molecule has 0 aromatic carbocycles. The minimum absolute atomic E-state index is 0.0111. The Morgan fingerprint density at radius 1 is 1.62 bits per heavy atom. The Hall–Kier alpha value is -1.55. The molecule has 2 aromatic heterocycles. The largest absolute Gasteiger partial charge is 0.472 e. The highest BCUT2D eigenvalue weighted by Crippen LogP contribution is 2.23. The van der Waals surface area contributed by atoms with Gasteiger partial charge < -0.3 is 9.52 Å². The molecule has 2 heterocycles. The minimum Gasteiger partial charge on any atom is -0.472 e. The summed E-state index contributed by atoms with van der Waals surface area (Å²) in [4.78, 5) is 0. The van der Waals surface area contributed by atoms with Gasteiger partial charge in [-0.1, -0.05) is 0 Å². The fourth-order valence-electron chi connectivity index (χ4n) is 1.28. The van der Waals surface area contributed by atoms with Crippen molar-refractivity contribution in [2.24, 2.45) is 0 Å². The van der Waals surface area contributed by atoms with Crippen LogP contribution in [0.3, 0.4) is 0 Å². The van der Waals surface area contributed by atoms with Crippen molar-refractivity contribution in [3.8, 4) is 11.3 Å². The van der Waals surface area contributed by atoms with Crippen LogP contribution in [-0.2, 0) is 6.61 Å². The molecule has 0 fully saturated rings. The summed E-state index contributed by atoms with van der Waals surface area (Å²) in [5, 5.41) is 16.0. The topological polar surface area (TPSA) is 62.0 Å². The molecule has 13 heavy (non-hydrogen) atoms. The van der Waals surface area contributed by atoms with Gasteiger partial charge in [-0.2, -0.15) is 5.10 Å². The zero-order valence-electron chi connectivity index (χ0n) is 7.24. The quantitative estimate of drug-likeness (QED) is 0.732. The van der Waals surface area contributed by atoms with Crippen LogP contribution in [-0.4, -0.2) is 15.3 Å². The normalized spacial score (nSPS) is 10.6. The number of hydrogen-bond donors (Lipinski definition) is 2. The number of aromatic amines is 1. The van der Waals surface area contributed by atoms with E-state index in [1.54, 1.807) is 12.5 Å². The molecular weight excluding hydrogens is 168 g/mol. The maximum atomic E-state index is 9.10. The smallest absolute Gasteiger partial charge is 0.101 e. The zero-order valence-corrected chi connectivity index (χ0v) is 7.24. The predicted octanol–water partition coefficient (Wildman–Crippen LogP) is 1.47. The third kappa shape index (κ3) is 1.25. The van der Waals surface area contributed by atoms with E-state index >= 15 is 0 Å². The number of aryl methyl sites for hydroxylation is 1. The highest BCUT2D eigenvalue weighted by molar-refractivity contribution is 5.62. The van der Waals surface area contributed by atoms with Gasteiger partial charge >= 0.3 is 0 Å². The average molecular weight is 178 g/mol. The van der Waals surface area contributed by atoms with E-state index in [0.717, 1.165) is 22.5 Å². The lowest BCUT2D eigenvalue weighted by Gasteiger charge is -1.95. The van der Waals surface area contributed by atoms with Gasteiger partial charge in [0.1, 0.15) is 5.69 Å². The molecule has 2 aromatic rings. The lowest BCUT2D eigenvalue weighted by Crippen LogP contribution is -1.86. The van der Waals surface area contributed by atoms with Gasteiger partial charge in [-0.15, -0.1) is 0 Å². The first-order valence-corrected chi connectivity index (χ1v) is 4.00. The number of aromatic nitrogens is 2. The van der Waals surface area contributed by atoms with Crippen LogP contribution in [0.2, 0.25) is 0 Å². The van der Waals surface area contributed by atoms with Gasteiger partial charge in [-0.25, -0.2) is 0 Å². The van der Waals surface area contributed by atoms with Crippen molar-refractivity contribution in [2.45, 2.75) is 13.5 Å². The Kier molecular flexibility index (Phi) is 1.90. The summed E-state index contributed by atoms with van der Waals surface area (Å²) in [6, 6.07) is 1.81. The monoisotopic (exact) mass is 178 g/mol. The van der Waals surface area contributed by atoms with Crippen molar-refractivity contribution in [1.29, 1.82) is 0 Å². The Morgan fingerprint density at radius 2 is 2.46 bits per heavy atom. The molecule has 0 spiro atoms. The summed E-state index contributed by atoms with van der Waals surface area (Å²) in [5.74, 6) is 0. The SMILES string of the molecule is Cc1[nH]nc(-c2ccoc2)c1CO. The summed E-state index contributed by atoms with van der Waals surface area (Å²) in [6.07, 6.45) is 3.19. The molecule has 0 bridgehead atoms. The molecule has 0 radical (unpaired) electrons. The van der Waals surface area contributed by atoms with E-state index < -0.39 is 0 Å². The summed E-state index contributed by atoms with van der Waals surface area (Å²) in [6.45, 7) is 1.87. The molecule has 0 saturated carbocycles. The summed E-state index contributed by atoms with van der Waals surface area (Å²) < 4.78 is 4.94. The second-order valence-corrected chi connectivity index (χ2v) is 2.85. The van der Waals surface area contributed by atoms with Crippen molar-refractivity contribution in [1.82, 2.24) is 10.2 Å². The molecule has 68 valence electrons. The second kappa shape index (κ2) is 3.06. The van der Waals surface area contributed by atoms with E-state index in [9.17, 15) is 0 Å². The van der Waals surface area contributed by atoms with Crippen molar-refractivity contribution < 1.29 is 9.52 Å². The third-order valence-electron chi connectivity index (χ3n) is 2.03. The van der Waals surface area contributed by atoms with E-state index in [1.165, 1.54) is 0 Å². The maximum Gasteiger partial charge on any atom is 0.101 e. The first-order valence-electron chi connectivity index (χ1n) is 4.00. The fourth-order valence-corrected chi connectivity index (χ4v) is 1.28. The fraction of sp³-hybridized carbons (Fsp3) is 0.222. The van der Waals surface area contributed by atoms with Gasteiger partial charge in [-0.05, 0) is 13.0 Å². The maximum absolute atomic E-state index is 9.10. The number of aliphatic hydroxyl groups is 1. The molecule has 0 aliphatic rings. The molecule has 0 atom stereocenters. The zero-order chi connectivity index (χ0) is 9.26. The number of nitrogens with zero attached hydrogens (tertiary/aromatic N) is 1. The van der Waals surface area contributed by atoms with E-state index in [1.807, 2.05) is 13.0 Å². The summed E-state index contributed by atoms with van der Waals surface area (Å²) in [5.41, 5.74) is 3.35. The van der Waals surface area contributed by atoms with Crippen LogP contribution in [0.25, 0.3) is 11.3 Å². The molecule has 0 unspecified atom stereocenters. The Balaban J connectivity index is 2.52. The highest BCUT2D eigenvalue weighted by Gasteiger charge is 2.11. The lowest BCUT2D eigenvalue weighted by molar-refractivity contribution is 0.281. The van der Waals surface area contributed by atoms with Crippen LogP contribution in [0.15, 0.2) is 23.0 Å². The number of aliphatic hydroxyl groups excluding tert-OH is 1. The van der Waals surface area contributed by atoms with Gasteiger partial charge in [0.15, 0.2) is 0 Å². The standard InChI is InChI=1S/C9H10N2O2/c1-6-8(4-12)9(11-10-6)7-2-3-13-5-7/h2-3,5,12H,4H2,1H3,(H,10,11).